The number of likely N-dealkylation sites (N-methyl/N-ethyl adjacent to an activating group) is 3. The quantitative estimate of drug-likeness (QED) is 0.383. The molecule has 9 heteroatoms. The number of hydrogen-bond donors (Lipinski definition) is 0. The zero-order valence-electron chi connectivity index (χ0n) is 23.8. The molecular weight excluding hydrogens is 488 g/mol. The van der Waals surface area contributed by atoms with Crippen molar-refractivity contribution in [2.24, 2.45) is 5.92 Å². The fourth-order valence-electron chi connectivity index (χ4n) is 5.46. The largest absolute Gasteiger partial charge is 0.497 e. The molecule has 8 nitrogen and oxygen atoms in total. The second-order valence-corrected chi connectivity index (χ2v) is 12.4. The van der Waals surface area contributed by atoms with E-state index in [-0.39, 0.29) is 12.5 Å². The topological polar surface area (TPSA) is 65.6 Å². The molecule has 0 N–H and O–H groups in total. The van der Waals surface area contributed by atoms with Crippen LogP contribution in [-0.2, 0) is 20.5 Å². The Morgan fingerprint density at radius 2 is 1.68 bits per heavy atom. The molecule has 1 aromatic rings. The Hall–Kier alpha value is -1.52. The van der Waals surface area contributed by atoms with E-state index in [2.05, 4.69) is 16.8 Å². The molecular formula is C28H48N4O4S. The summed E-state index contributed by atoms with van der Waals surface area (Å²) in [5.41, 5.74) is 1.88. The van der Waals surface area contributed by atoms with Crippen molar-refractivity contribution in [1.82, 2.24) is 19.0 Å². The average Bonchev–Trinajstić information content (AvgIpc) is 2.89. The van der Waals surface area contributed by atoms with Crippen molar-refractivity contribution in [3.05, 3.63) is 23.3 Å². The number of piperazine rings is 1. The van der Waals surface area contributed by atoms with Gasteiger partial charge in [-0.1, -0.05) is 0 Å². The molecule has 37 heavy (non-hydrogen) atoms. The summed E-state index contributed by atoms with van der Waals surface area (Å²) < 4.78 is 25.8. The van der Waals surface area contributed by atoms with Crippen LogP contribution in [0, 0.1) is 19.8 Å². The maximum Gasteiger partial charge on any atom is 0.248 e. The molecule has 0 radical (unpaired) electrons. The summed E-state index contributed by atoms with van der Waals surface area (Å²) in [6.07, 6.45) is 5.85. The summed E-state index contributed by atoms with van der Waals surface area (Å²) in [7, 11) is 6.27. The summed E-state index contributed by atoms with van der Waals surface area (Å²) in [5.74, 6) is 1.58. The second kappa shape index (κ2) is 14.6. The Bertz CT molecular complexity index is 875. The molecule has 0 spiro atoms. The fraction of sp³-hybridized carbons (Fsp3) is 0.750. The average molecular weight is 537 g/mol. The minimum Gasteiger partial charge on any atom is -0.497 e. The van der Waals surface area contributed by atoms with Crippen LogP contribution in [0.15, 0.2) is 17.0 Å². The molecule has 1 unspecified atom stereocenters. The third-order valence-corrected chi connectivity index (χ3v) is 9.85. The smallest absolute Gasteiger partial charge is 0.248 e. The molecule has 2 aliphatic rings. The van der Waals surface area contributed by atoms with E-state index in [1.807, 2.05) is 45.0 Å². The number of methoxy groups -OCH3 is 1. The molecule has 0 aromatic heterocycles. The number of carbonyl (C=O) groups is 1. The van der Waals surface area contributed by atoms with Gasteiger partial charge in [-0.2, -0.15) is 0 Å². The van der Waals surface area contributed by atoms with E-state index in [4.69, 9.17) is 9.47 Å². The second-order valence-electron chi connectivity index (χ2n) is 10.9. The third-order valence-electron chi connectivity index (χ3n) is 8.11. The first-order valence-corrected chi connectivity index (χ1v) is 14.8. The number of carbonyl (C=O) groups excluding carboxylic acids is 1. The Labute approximate surface area is 226 Å². The van der Waals surface area contributed by atoms with Gasteiger partial charge in [-0.05, 0) is 88.7 Å². The summed E-state index contributed by atoms with van der Waals surface area (Å²) >= 11 is 0. The van der Waals surface area contributed by atoms with Crippen molar-refractivity contribution in [3.63, 3.8) is 0 Å². The number of amides is 1. The molecule has 1 aliphatic carbocycles. The zero-order chi connectivity index (χ0) is 26.9. The summed E-state index contributed by atoms with van der Waals surface area (Å²) in [6, 6.07) is 4.12. The van der Waals surface area contributed by atoms with Gasteiger partial charge in [-0.3, -0.25) is 4.79 Å². The lowest BCUT2D eigenvalue weighted by atomic mass is 9.83. The molecule has 1 aromatic carbocycles. The Balaban J connectivity index is 1.33. The minimum absolute atomic E-state index is 0.0338. The van der Waals surface area contributed by atoms with Crippen molar-refractivity contribution in [2.45, 2.75) is 56.9 Å². The van der Waals surface area contributed by atoms with Crippen LogP contribution in [-0.4, -0.2) is 116 Å². The minimum atomic E-state index is -1.30. The monoisotopic (exact) mass is 536 g/mol. The van der Waals surface area contributed by atoms with E-state index in [9.17, 15) is 9.00 Å². The maximum absolute atomic E-state index is 13.1. The highest BCUT2D eigenvalue weighted by Gasteiger charge is 2.27. The predicted octanol–water partition coefficient (Wildman–Crippen LogP) is 2.94. The highest BCUT2D eigenvalue weighted by Crippen LogP contribution is 2.30. The number of nitrogens with zero attached hydrogens (tertiary/aromatic N) is 4. The molecule has 1 aliphatic heterocycles. The van der Waals surface area contributed by atoms with Crippen LogP contribution >= 0.6 is 0 Å². The molecule has 0 bridgehead atoms. The number of ether oxygens (including phenoxy) is 2. The van der Waals surface area contributed by atoms with Gasteiger partial charge in [-0.15, -0.1) is 0 Å². The van der Waals surface area contributed by atoms with Crippen LogP contribution in [0.3, 0.4) is 0 Å². The highest BCUT2D eigenvalue weighted by atomic mass is 32.2. The van der Waals surface area contributed by atoms with Crippen molar-refractivity contribution >= 4 is 16.9 Å². The normalized spacial score (nSPS) is 22.2. The van der Waals surface area contributed by atoms with Gasteiger partial charge in [-0.25, -0.2) is 8.51 Å². The van der Waals surface area contributed by atoms with E-state index in [0.29, 0.717) is 19.2 Å². The van der Waals surface area contributed by atoms with Gasteiger partial charge in [0.25, 0.3) is 0 Å². The van der Waals surface area contributed by atoms with E-state index in [1.54, 1.807) is 11.4 Å². The van der Waals surface area contributed by atoms with Crippen LogP contribution in [0.2, 0.25) is 0 Å². The van der Waals surface area contributed by atoms with Crippen LogP contribution < -0.4 is 4.74 Å². The third kappa shape index (κ3) is 8.75. The van der Waals surface area contributed by atoms with Crippen molar-refractivity contribution in [2.75, 3.05) is 80.7 Å². The van der Waals surface area contributed by atoms with Crippen LogP contribution in [0.25, 0.3) is 0 Å². The summed E-state index contributed by atoms with van der Waals surface area (Å²) in [6.45, 7) is 10.7. The number of benzene rings is 1. The molecule has 2 fully saturated rings. The van der Waals surface area contributed by atoms with Gasteiger partial charge in [0, 0.05) is 52.9 Å². The lowest BCUT2D eigenvalue weighted by Crippen LogP contribution is -2.45. The highest BCUT2D eigenvalue weighted by molar-refractivity contribution is 7.82. The first-order chi connectivity index (χ1) is 17.7. The SMILES string of the molecule is COc1cc(C)c(S(=O)N(C)CCOCC(=O)N(C)C2CCC(CCN3CCN(C)CC3)CC2)c(C)c1. The number of rotatable bonds is 12. The maximum atomic E-state index is 13.1. The van der Waals surface area contributed by atoms with Crippen molar-refractivity contribution in [1.29, 1.82) is 0 Å². The first-order valence-electron chi connectivity index (χ1n) is 13.7. The lowest BCUT2D eigenvalue weighted by Gasteiger charge is -2.36. The van der Waals surface area contributed by atoms with Crippen LogP contribution in [0.5, 0.6) is 5.75 Å². The Morgan fingerprint density at radius 1 is 1.05 bits per heavy atom. The van der Waals surface area contributed by atoms with Gasteiger partial charge >= 0.3 is 0 Å². The summed E-state index contributed by atoms with van der Waals surface area (Å²) in [5, 5.41) is 0. The van der Waals surface area contributed by atoms with Crippen LogP contribution in [0.1, 0.15) is 43.2 Å². The standard InChI is InChI=1S/C28H48N4O4S/c1-22-19-26(35-6)20-23(2)28(22)37(34)30(4)17-18-36-21-27(33)31(5)25-9-7-24(8-10-25)11-12-32-15-13-29(3)14-16-32/h19-20,24-25H,7-18,21H2,1-6H3. The van der Waals surface area contributed by atoms with Gasteiger partial charge in [0.15, 0.2) is 0 Å². The van der Waals surface area contributed by atoms with Gasteiger partial charge in [0.05, 0.1) is 18.6 Å². The van der Waals surface area contributed by atoms with Gasteiger partial charge in [0.1, 0.15) is 23.3 Å². The fourth-order valence-corrected chi connectivity index (χ4v) is 6.68. The molecule has 3 rings (SSSR count). The van der Waals surface area contributed by atoms with Gasteiger partial charge < -0.3 is 24.2 Å². The van der Waals surface area contributed by atoms with Crippen molar-refractivity contribution < 1.29 is 18.5 Å². The zero-order valence-corrected chi connectivity index (χ0v) is 24.6. The molecule has 1 atom stereocenters. The lowest BCUT2D eigenvalue weighted by molar-refractivity contribution is -0.137. The first kappa shape index (κ1) is 30.0. The Morgan fingerprint density at radius 3 is 2.27 bits per heavy atom. The van der Waals surface area contributed by atoms with Crippen molar-refractivity contribution in [3.8, 4) is 5.75 Å². The van der Waals surface area contributed by atoms with Crippen LogP contribution in [0.4, 0.5) is 0 Å². The van der Waals surface area contributed by atoms with Gasteiger partial charge in [0.2, 0.25) is 5.91 Å². The molecule has 1 heterocycles. The summed E-state index contributed by atoms with van der Waals surface area (Å²) in [4.78, 5) is 20.4. The molecule has 1 amide bonds. The van der Waals surface area contributed by atoms with E-state index in [0.717, 1.165) is 40.5 Å². The molecule has 1 saturated heterocycles. The van der Waals surface area contributed by atoms with E-state index >= 15 is 0 Å². The number of hydrogen-bond acceptors (Lipinski definition) is 6. The Kier molecular flexibility index (Phi) is 11.8. The predicted molar refractivity (Wildman–Crippen MR) is 149 cm³/mol. The number of aryl methyl sites for hydroxylation is 2. The van der Waals surface area contributed by atoms with E-state index in [1.165, 1.54) is 52.0 Å². The molecule has 1 saturated carbocycles. The molecule has 210 valence electrons. The van der Waals surface area contributed by atoms with E-state index < -0.39 is 11.0 Å².